The summed E-state index contributed by atoms with van der Waals surface area (Å²) in [6, 6.07) is 29.3. The Morgan fingerprint density at radius 3 is 1.73 bits per heavy atom. The van der Waals surface area contributed by atoms with E-state index in [-0.39, 0.29) is 0 Å². The summed E-state index contributed by atoms with van der Waals surface area (Å²) in [4.78, 5) is 0. The van der Waals surface area contributed by atoms with E-state index in [0.29, 0.717) is 5.91 Å². The van der Waals surface area contributed by atoms with E-state index < -0.39 is 7.26 Å². The lowest BCUT2D eigenvalue weighted by Crippen LogP contribution is -2.37. The van der Waals surface area contributed by atoms with Gasteiger partial charge in [-0.25, -0.2) is 0 Å². The van der Waals surface area contributed by atoms with Crippen LogP contribution in [0.1, 0.15) is 25.0 Å². The molecule has 0 saturated carbocycles. The average Bonchev–Trinajstić information content (AvgIpc) is 3.27. The van der Waals surface area contributed by atoms with Crippen molar-refractivity contribution in [2.45, 2.75) is 33.6 Å². The van der Waals surface area contributed by atoms with Gasteiger partial charge in [0.15, 0.2) is 6.54 Å². The van der Waals surface area contributed by atoms with E-state index >= 15 is 0 Å². The van der Waals surface area contributed by atoms with E-state index in [1.54, 1.807) is 0 Å². The Labute approximate surface area is 180 Å². The quantitative estimate of drug-likeness (QED) is 0.427. The fraction of sp³-hybridized carbons (Fsp3) is 0.259. The number of aryl methyl sites for hydroxylation is 2. The monoisotopic (exact) mass is 413 g/mol. The van der Waals surface area contributed by atoms with E-state index in [0.717, 1.165) is 6.54 Å². The van der Waals surface area contributed by atoms with Gasteiger partial charge in [0, 0.05) is 25.0 Å². The smallest absolute Gasteiger partial charge is 0.129 e. The van der Waals surface area contributed by atoms with Crippen molar-refractivity contribution < 1.29 is 9.15 Å². The lowest BCUT2D eigenvalue weighted by molar-refractivity contribution is -0.694. The molecule has 5 rings (SSSR count). The number of rotatable bonds is 3. The lowest BCUT2D eigenvalue weighted by atomic mass is 10.1. The molecule has 150 valence electrons. The zero-order chi connectivity index (χ0) is 20.9. The molecule has 1 atom stereocenters. The molecule has 0 radical (unpaired) electrons. The molecule has 0 aliphatic carbocycles. The largest absolute Gasteiger partial charge is 0.448 e. The Balaban J connectivity index is 1.83. The van der Waals surface area contributed by atoms with E-state index in [1.807, 2.05) is 0 Å². The molecule has 0 amide bonds. The van der Waals surface area contributed by atoms with Crippen molar-refractivity contribution in [1.82, 2.24) is 0 Å². The van der Waals surface area contributed by atoms with Crippen LogP contribution in [0.5, 0.6) is 0 Å². The average molecular weight is 414 g/mol. The third-order valence-electron chi connectivity index (χ3n) is 7.03. The molecule has 3 aromatic carbocycles. The lowest BCUT2D eigenvalue weighted by Gasteiger charge is -2.21. The van der Waals surface area contributed by atoms with Crippen LogP contribution in [0.2, 0.25) is 0 Å². The number of nitrogens with zero attached hydrogens (tertiary/aromatic N) is 2. The third kappa shape index (κ3) is 2.67. The summed E-state index contributed by atoms with van der Waals surface area (Å²) in [7, 11) is -1.68. The van der Waals surface area contributed by atoms with Crippen LogP contribution in [-0.4, -0.2) is 39.2 Å². The van der Waals surface area contributed by atoms with Crippen molar-refractivity contribution >= 4 is 35.0 Å². The summed E-state index contributed by atoms with van der Waals surface area (Å²) < 4.78 is 5.37. The van der Waals surface area contributed by atoms with Crippen molar-refractivity contribution in [3.8, 4) is 0 Å². The maximum atomic E-state index is 2.69. The third-order valence-corrected chi connectivity index (χ3v) is 11.7. The second-order valence-corrected chi connectivity index (χ2v) is 12.3. The fourth-order valence-electron chi connectivity index (χ4n) is 5.50. The highest BCUT2D eigenvalue weighted by Gasteiger charge is 2.72. The summed E-state index contributed by atoms with van der Waals surface area (Å²) >= 11 is 0. The molecule has 3 heteroatoms. The first-order valence-corrected chi connectivity index (χ1v) is 12.9. The first-order valence-electron chi connectivity index (χ1n) is 10.8. The normalized spacial score (nSPS) is 20.1. The molecule has 3 aromatic rings. The zero-order valence-corrected chi connectivity index (χ0v) is 19.2. The first kappa shape index (κ1) is 19.4. The van der Waals surface area contributed by atoms with Gasteiger partial charge in [-0.05, 0) is 38.1 Å². The van der Waals surface area contributed by atoms with Gasteiger partial charge in [0.05, 0.1) is 0 Å². The van der Waals surface area contributed by atoms with Crippen molar-refractivity contribution in [3.05, 3.63) is 90.0 Å². The summed E-state index contributed by atoms with van der Waals surface area (Å²) in [6.45, 7) is 10.3. The van der Waals surface area contributed by atoms with E-state index in [9.17, 15) is 0 Å². The number of fused-ring (bicyclic) bond motifs is 1. The molecule has 2 aliphatic rings. The highest BCUT2D eigenvalue weighted by molar-refractivity contribution is 7.90. The summed E-state index contributed by atoms with van der Waals surface area (Å²) in [6.07, 6.45) is 1.22. The minimum absolute atomic E-state index is 0.349. The Hall–Kier alpha value is -2.57. The van der Waals surface area contributed by atoms with Gasteiger partial charge in [-0.3, -0.25) is 0 Å². The van der Waals surface area contributed by atoms with E-state index in [4.69, 9.17) is 0 Å². The van der Waals surface area contributed by atoms with Gasteiger partial charge >= 0.3 is 5.91 Å². The predicted octanol–water partition coefficient (Wildman–Crippen LogP) is 4.86. The minimum atomic E-state index is -1.68. The van der Waals surface area contributed by atoms with Crippen molar-refractivity contribution in [3.63, 3.8) is 0 Å². The number of hydrogen-bond donors (Lipinski definition) is 0. The Kier molecular flexibility index (Phi) is 4.71. The second kappa shape index (κ2) is 7.29. The Morgan fingerprint density at radius 1 is 0.667 bits per heavy atom. The van der Waals surface area contributed by atoms with Gasteiger partial charge in [-0.15, -0.1) is 4.58 Å². The number of benzene rings is 3. The maximum Gasteiger partial charge on any atom is 0.448 e. The predicted molar refractivity (Wildman–Crippen MR) is 130 cm³/mol. The van der Waals surface area contributed by atoms with Crippen LogP contribution < -0.4 is 10.6 Å². The van der Waals surface area contributed by atoms with Crippen LogP contribution in [0, 0.1) is 13.8 Å². The van der Waals surface area contributed by atoms with E-state index in [1.165, 1.54) is 45.0 Å². The summed E-state index contributed by atoms with van der Waals surface area (Å²) in [5.41, 5.74) is 6.93. The van der Waals surface area contributed by atoms with Crippen molar-refractivity contribution in [2.75, 3.05) is 12.7 Å². The molecule has 1 unspecified atom stereocenters. The molecule has 0 spiro atoms. The molecule has 0 N–H and O–H groups in total. The molecule has 2 nitrogen and oxygen atoms in total. The zero-order valence-electron chi connectivity index (χ0n) is 18.3. The van der Waals surface area contributed by atoms with E-state index in [2.05, 4.69) is 116 Å². The van der Waals surface area contributed by atoms with Crippen LogP contribution in [0.25, 0.3) is 0 Å². The molecule has 0 bridgehead atoms. The molecule has 30 heavy (non-hydrogen) atoms. The Bertz CT molecular complexity index is 1120. The SMILES string of the molecule is CC1=[N+]2CC[P+](c3ccccc3)(c3ccccc3)C2[N+](c2c(C)cccc2C)=C1C. The van der Waals surface area contributed by atoms with Gasteiger partial charge in [-0.2, -0.15) is 0 Å². The summed E-state index contributed by atoms with van der Waals surface area (Å²) in [5.74, 6) is 0.349. The van der Waals surface area contributed by atoms with Gasteiger partial charge in [0.2, 0.25) is 18.7 Å². The molecular weight excluding hydrogens is 383 g/mol. The van der Waals surface area contributed by atoms with Crippen LogP contribution in [0.4, 0.5) is 5.69 Å². The van der Waals surface area contributed by atoms with Crippen LogP contribution >= 0.6 is 7.26 Å². The molecule has 1 saturated heterocycles. The van der Waals surface area contributed by atoms with Gasteiger partial charge in [0.25, 0.3) is 5.71 Å². The van der Waals surface area contributed by atoms with Crippen LogP contribution in [0.15, 0.2) is 78.9 Å². The standard InChI is InChI=1S/C27H30N2P/c1-20-12-11-13-21(2)26(20)29-23(4)22(3)28-18-19-30(27(28)29,24-14-7-5-8-15-24)25-16-9-6-10-17-25/h5-17,27H,18-19H2,1-4H3/q+3. The topological polar surface area (TPSA) is 6.02 Å². The fourth-order valence-corrected chi connectivity index (χ4v) is 10.5. The second-order valence-electron chi connectivity index (χ2n) is 8.58. The molecule has 1 fully saturated rings. The maximum absolute atomic E-state index is 2.69. The molecule has 2 aliphatic heterocycles. The first-order chi connectivity index (χ1) is 14.6. The van der Waals surface area contributed by atoms with Crippen molar-refractivity contribution in [1.29, 1.82) is 0 Å². The highest BCUT2D eigenvalue weighted by Crippen LogP contribution is 2.65. The minimum Gasteiger partial charge on any atom is -0.129 e. The molecule has 2 heterocycles. The molecule has 0 aromatic heterocycles. The Morgan fingerprint density at radius 2 is 1.20 bits per heavy atom. The summed E-state index contributed by atoms with van der Waals surface area (Å²) in [5, 5.41) is 3.03. The van der Waals surface area contributed by atoms with Gasteiger partial charge in [0.1, 0.15) is 16.8 Å². The number of para-hydroxylation sites is 1. The van der Waals surface area contributed by atoms with Crippen molar-refractivity contribution in [2.24, 2.45) is 0 Å². The number of hydrogen-bond acceptors (Lipinski definition) is 0. The van der Waals surface area contributed by atoms with Gasteiger partial charge < -0.3 is 0 Å². The highest BCUT2D eigenvalue weighted by atomic mass is 31.2. The van der Waals surface area contributed by atoms with Gasteiger partial charge in [-0.1, -0.05) is 59.2 Å². The molecular formula is C27H30N2P+3. The van der Waals surface area contributed by atoms with Crippen LogP contribution in [-0.2, 0) is 0 Å². The van der Waals surface area contributed by atoms with Crippen LogP contribution in [0.3, 0.4) is 0 Å².